The van der Waals surface area contributed by atoms with Crippen molar-refractivity contribution in [3.05, 3.63) is 28.8 Å². The molecule has 2 rings (SSSR count). The van der Waals surface area contributed by atoms with E-state index in [1.165, 1.54) is 0 Å². The van der Waals surface area contributed by atoms with Crippen molar-refractivity contribution in [3.63, 3.8) is 0 Å². The summed E-state index contributed by atoms with van der Waals surface area (Å²) in [5.41, 5.74) is 6.00. The number of halogens is 1. The number of phenolic OH excluding ortho intramolecular Hbond substituents is 1. The summed E-state index contributed by atoms with van der Waals surface area (Å²) < 4.78 is 0. The number of hydrogen-bond acceptors (Lipinski definition) is 3. The Hall–Kier alpha value is -1.26. The number of benzene rings is 1. The summed E-state index contributed by atoms with van der Waals surface area (Å²) in [6.45, 7) is 4.13. The standard InChI is InChI=1S/C13H17ClN2O2/c1-13(12(15)18)4-5-16(8-13)7-9-2-3-11(17)10(14)6-9/h2-3,6,17H,4-5,7-8H2,1H3,(H2,15,18). The molecular formula is C13H17ClN2O2. The number of phenols is 1. The summed E-state index contributed by atoms with van der Waals surface area (Å²) in [6, 6.07) is 5.17. The van der Waals surface area contributed by atoms with Crippen LogP contribution >= 0.6 is 11.6 Å². The van der Waals surface area contributed by atoms with Crippen molar-refractivity contribution in [1.82, 2.24) is 4.90 Å². The summed E-state index contributed by atoms with van der Waals surface area (Å²) in [5, 5.41) is 9.70. The first-order chi connectivity index (χ1) is 8.40. The zero-order valence-corrected chi connectivity index (χ0v) is 11.1. The zero-order chi connectivity index (χ0) is 13.3. The predicted octanol–water partition coefficient (Wildman–Crippen LogP) is 1.74. The number of rotatable bonds is 3. The van der Waals surface area contributed by atoms with Gasteiger partial charge in [-0.15, -0.1) is 0 Å². The predicted molar refractivity (Wildman–Crippen MR) is 70.3 cm³/mol. The minimum Gasteiger partial charge on any atom is -0.506 e. The van der Waals surface area contributed by atoms with Gasteiger partial charge in [0.25, 0.3) is 0 Å². The molecule has 0 aliphatic carbocycles. The van der Waals surface area contributed by atoms with Crippen LogP contribution < -0.4 is 5.73 Å². The average molecular weight is 269 g/mol. The van der Waals surface area contributed by atoms with Gasteiger partial charge in [-0.3, -0.25) is 9.69 Å². The van der Waals surface area contributed by atoms with Gasteiger partial charge in [-0.2, -0.15) is 0 Å². The second-order valence-electron chi connectivity index (χ2n) is 5.17. The van der Waals surface area contributed by atoms with Crippen LogP contribution in [0.5, 0.6) is 5.75 Å². The van der Waals surface area contributed by atoms with E-state index in [4.69, 9.17) is 17.3 Å². The lowest BCUT2D eigenvalue weighted by atomic mass is 9.89. The van der Waals surface area contributed by atoms with E-state index in [0.29, 0.717) is 18.1 Å². The van der Waals surface area contributed by atoms with Crippen LogP contribution in [-0.2, 0) is 11.3 Å². The topological polar surface area (TPSA) is 66.6 Å². The van der Waals surface area contributed by atoms with E-state index in [2.05, 4.69) is 4.90 Å². The van der Waals surface area contributed by atoms with Crippen LogP contribution in [0.15, 0.2) is 18.2 Å². The summed E-state index contributed by atoms with van der Waals surface area (Å²) in [4.78, 5) is 13.5. The number of likely N-dealkylation sites (tertiary alicyclic amines) is 1. The highest BCUT2D eigenvalue weighted by Crippen LogP contribution is 2.31. The van der Waals surface area contributed by atoms with Crippen LogP contribution in [0.2, 0.25) is 5.02 Å². The van der Waals surface area contributed by atoms with Gasteiger partial charge in [-0.25, -0.2) is 0 Å². The highest BCUT2D eigenvalue weighted by molar-refractivity contribution is 6.32. The van der Waals surface area contributed by atoms with Crippen molar-refractivity contribution in [1.29, 1.82) is 0 Å². The van der Waals surface area contributed by atoms with Gasteiger partial charge in [0.15, 0.2) is 0 Å². The van der Waals surface area contributed by atoms with Gasteiger partial charge in [0.1, 0.15) is 5.75 Å². The highest BCUT2D eigenvalue weighted by Gasteiger charge is 2.38. The molecule has 1 aromatic rings. The second kappa shape index (κ2) is 4.78. The van der Waals surface area contributed by atoms with Crippen LogP contribution in [0.25, 0.3) is 0 Å². The maximum Gasteiger partial charge on any atom is 0.224 e. The summed E-state index contributed by atoms with van der Waals surface area (Å²) in [5.74, 6) is -0.155. The number of amides is 1. The van der Waals surface area contributed by atoms with Crippen molar-refractivity contribution in [2.75, 3.05) is 13.1 Å². The first kappa shape index (κ1) is 13.2. The van der Waals surface area contributed by atoms with Gasteiger partial charge in [-0.05, 0) is 37.6 Å². The van der Waals surface area contributed by atoms with Gasteiger partial charge < -0.3 is 10.8 Å². The SMILES string of the molecule is CC1(C(N)=O)CCN(Cc2ccc(O)c(Cl)c2)C1. The van der Waals surface area contributed by atoms with E-state index in [-0.39, 0.29) is 11.7 Å². The van der Waals surface area contributed by atoms with Crippen molar-refractivity contribution >= 4 is 17.5 Å². The van der Waals surface area contributed by atoms with E-state index in [1.54, 1.807) is 12.1 Å². The Balaban J connectivity index is 2.03. The van der Waals surface area contributed by atoms with Crippen LogP contribution in [0, 0.1) is 5.41 Å². The van der Waals surface area contributed by atoms with Gasteiger partial charge in [0.2, 0.25) is 5.91 Å². The van der Waals surface area contributed by atoms with Crippen molar-refractivity contribution in [2.45, 2.75) is 19.9 Å². The van der Waals surface area contributed by atoms with Gasteiger partial charge in [0.05, 0.1) is 10.4 Å². The summed E-state index contributed by atoms with van der Waals surface area (Å²) in [7, 11) is 0. The Labute approximate surface area is 111 Å². The lowest BCUT2D eigenvalue weighted by Gasteiger charge is -2.21. The molecule has 0 bridgehead atoms. The third-order valence-electron chi connectivity index (χ3n) is 3.57. The van der Waals surface area contributed by atoms with Crippen LogP contribution in [0.3, 0.4) is 0 Å². The molecule has 5 heteroatoms. The first-order valence-corrected chi connectivity index (χ1v) is 6.28. The van der Waals surface area contributed by atoms with Crippen LogP contribution in [0.1, 0.15) is 18.9 Å². The molecule has 98 valence electrons. The molecule has 0 aromatic heterocycles. The number of carbonyl (C=O) groups excluding carboxylic acids is 1. The van der Waals surface area contributed by atoms with E-state index < -0.39 is 5.41 Å². The van der Waals surface area contributed by atoms with Crippen molar-refractivity contribution in [3.8, 4) is 5.75 Å². The maximum atomic E-state index is 11.4. The number of primary amides is 1. The van der Waals surface area contributed by atoms with Gasteiger partial charge >= 0.3 is 0 Å². The minimum absolute atomic E-state index is 0.0869. The molecule has 0 saturated carbocycles. The summed E-state index contributed by atoms with van der Waals surface area (Å²) >= 11 is 5.86. The van der Waals surface area contributed by atoms with E-state index in [9.17, 15) is 9.90 Å². The van der Waals surface area contributed by atoms with E-state index in [0.717, 1.165) is 18.5 Å². The molecule has 1 saturated heterocycles. The monoisotopic (exact) mass is 268 g/mol. The van der Waals surface area contributed by atoms with Crippen LogP contribution in [0.4, 0.5) is 0 Å². The molecule has 3 N–H and O–H groups in total. The Morgan fingerprint density at radius 3 is 2.89 bits per heavy atom. The average Bonchev–Trinajstić information content (AvgIpc) is 2.67. The van der Waals surface area contributed by atoms with Crippen molar-refractivity contribution in [2.24, 2.45) is 11.1 Å². The first-order valence-electron chi connectivity index (χ1n) is 5.90. The molecule has 1 amide bonds. The third-order valence-corrected chi connectivity index (χ3v) is 3.87. The fraction of sp³-hybridized carbons (Fsp3) is 0.462. The Bertz CT molecular complexity index is 478. The molecule has 1 fully saturated rings. The molecule has 0 spiro atoms. The lowest BCUT2D eigenvalue weighted by molar-refractivity contribution is -0.126. The molecule has 18 heavy (non-hydrogen) atoms. The third kappa shape index (κ3) is 2.60. The Morgan fingerprint density at radius 2 is 2.33 bits per heavy atom. The molecule has 1 aliphatic rings. The van der Waals surface area contributed by atoms with Crippen molar-refractivity contribution < 1.29 is 9.90 Å². The molecule has 1 atom stereocenters. The maximum absolute atomic E-state index is 11.4. The molecule has 1 unspecified atom stereocenters. The molecule has 4 nitrogen and oxygen atoms in total. The number of aromatic hydroxyl groups is 1. The Kier molecular flexibility index (Phi) is 3.50. The van der Waals surface area contributed by atoms with E-state index in [1.807, 2.05) is 13.0 Å². The smallest absolute Gasteiger partial charge is 0.224 e. The normalized spacial score (nSPS) is 24.3. The summed E-state index contributed by atoms with van der Waals surface area (Å²) in [6.07, 6.45) is 0.786. The quantitative estimate of drug-likeness (QED) is 0.878. The van der Waals surface area contributed by atoms with E-state index >= 15 is 0 Å². The molecule has 0 radical (unpaired) electrons. The molecule has 1 aromatic carbocycles. The molecular weight excluding hydrogens is 252 g/mol. The number of carbonyl (C=O) groups is 1. The fourth-order valence-corrected chi connectivity index (χ4v) is 2.50. The minimum atomic E-state index is -0.430. The Morgan fingerprint density at radius 1 is 1.61 bits per heavy atom. The molecule has 1 heterocycles. The number of hydrogen-bond donors (Lipinski definition) is 2. The van der Waals surface area contributed by atoms with Gasteiger partial charge in [-0.1, -0.05) is 17.7 Å². The molecule has 1 aliphatic heterocycles. The second-order valence-corrected chi connectivity index (χ2v) is 5.58. The largest absolute Gasteiger partial charge is 0.506 e. The number of nitrogens with two attached hydrogens (primary N) is 1. The fourth-order valence-electron chi connectivity index (χ4n) is 2.30. The lowest BCUT2D eigenvalue weighted by Crippen LogP contribution is -2.36. The van der Waals surface area contributed by atoms with Gasteiger partial charge in [0, 0.05) is 13.1 Å². The van der Waals surface area contributed by atoms with Crippen LogP contribution in [-0.4, -0.2) is 29.0 Å². The highest BCUT2D eigenvalue weighted by atomic mass is 35.5. The zero-order valence-electron chi connectivity index (χ0n) is 10.3. The number of nitrogens with zero attached hydrogens (tertiary/aromatic N) is 1.